The van der Waals surface area contributed by atoms with Crippen LogP contribution in [-0.4, -0.2) is 35.8 Å². The molecule has 1 aromatic carbocycles. The minimum absolute atomic E-state index is 0.229. The lowest BCUT2D eigenvalue weighted by molar-refractivity contribution is -0.142. The maximum atomic E-state index is 12.5. The van der Waals surface area contributed by atoms with Crippen molar-refractivity contribution < 1.29 is 19.1 Å². The minimum atomic E-state index is -0.458. The van der Waals surface area contributed by atoms with Crippen LogP contribution in [0, 0.1) is 11.8 Å². The van der Waals surface area contributed by atoms with Gasteiger partial charge in [0.2, 0.25) is 17.7 Å². The van der Waals surface area contributed by atoms with Gasteiger partial charge in [-0.05, 0) is 47.8 Å². The molecule has 2 atom stereocenters. The molecular formula is C18H20BrClN2O4. The van der Waals surface area contributed by atoms with Gasteiger partial charge in [-0.3, -0.25) is 19.3 Å². The molecular weight excluding hydrogens is 424 g/mol. The van der Waals surface area contributed by atoms with Gasteiger partial charge in [0.05, 0.1) is 28.6 Å². The van der Waals surface area contributed by atoms with Crippen LogP contribution in [0.3, 0.4) is 0 Å². The largest absolute Gasteiger partial charge is 0.491 e. The second-order valence-corrected chi connectivity index (χ2v) is 7.80. The van der Waals surface area contributed by atoms with E-state index >= 15 is 0 Å². The van der Waals surface area contributed by atoms with Gasteiger partial charge in [0.25, 0.3) is 0 Å². The Morgan fingerprint density at radius 1 is 1.27 bits per heavy atom. The van der Waals surface area contributed by atoms with Crippen molar-refractivity contribution in [2.75, 3.05) is 18.5 Å². The van der Waals surface area contributed by atoms with Crippen molar-refractivity contribution in [2.45, 2.75) is 32.6 Å². The highest BCUT2D eigenvalue weighted by molar-refractivity contribution is 9.10. The molecule has 2 aliphatic rings. The highest BCUT2D eigenvalue weighted by Crippen LogP contribution is 2.39. The van der Waals surface area contributed by atoms with Gasteiger partial charge in [0.15, 0.2) is 5.75 Å². The zero-order valence-corrected chi connectivity index (χ0v) is 16.7. The zero-order valence-electron chi connectivity index (χ0n) is 14.4. The Morgan fingerprint density at radius 3 is 2.46 bits per heavy atom. The first-order chi connectivity index (χ1) is 12.4. The number of benzene rings is 1. The fourth-order valence-corrected chi connectivity index (χ4v) is 4.59. The maximum Gasteiger partial charge on any atom is 0.244 e. The summed E-state index contributed by atoms with van der Waals surface area (Å²) in [5.74, 6) is -0.982. The average molecular weight is 444 g/mol. The van der Waals surface area contributed by atoms with Crippen LogP contribution in [0.25, 0.3) is 0 Å². The highest BCUT2D eigenvalue weighted by Gasteiger charge is 2.48. The topological polar surface area (TPSA) is 75.7 Å². The second-order valence-electron chi connectivity index (χ2n) is 6.51. The minimum Gasteiger partial charge on any atom is -0.491 e. The number of imide groups is 1. The summed E-state index contributed by atoms with van der Waals surface area (Å²) >= 11 is 9.41. The van der Waals surface area contributed by atoms with Crippen molar-refractivity contribution in [2.24, 2.45) is 11.8 Å². The molecule has 3 amide bonds. The summed E-state index contributed by atoms with van der Waals surface area (Å²) in [4.78, 5) is 38.5. The molecule has 1 saturated carbocycles. The number of nitrogens with one attached hydrogen (secondary N) is 1. The van der Waals surface area contributed by atoms with Crippen LogP contribution < -0.4 is 10.1 Å². The molecule has 0 aromatic heterocycles. The second kappa shape index (κ2) is 7.96. The van der Waals surface area contributed by atoms with E-state index in [-0.39, 0.29) is 30.2 Å². The van der Waals surface area contributed by atoms with Crippen LogP contribution in [0.4, 0.5) is 5.69 Å². The van der Waals surface area contributed by atoms with Gasteiger partial charge in [0.1, 0.15) is 6.54 Å². The molecule has 140 valence electrons. The lowest BCUT2D eigenvalue weighted by Crippen LogP contribution is -2.38. The fraction of sp³-hybridized carbons (Fsp3) is 0.500. The van der Waals surface area contributed by atoms with Gasteiger partial charge >= 0.3 is 0 Å². The Labute approximate surface area is 165 Å². The summed E-state index contributed by atoms with van der Waals surface area (Å²) in [7, 11) is 0. The number of halogens is 2. The number of amides is 3. The zero-order chi connectivity index (χ0) is 18.8. The van der Waals surface area contributed by atoms with E-state index in [9.17, 15) is 14.4 Å². The predicted octanol–water partition coefficient (Wildman–Crippen LogP) is 3.61. The lowest BCUT2D eigenvalue weighted by atomic mass is 9.81. The van der Waals surface area contributed by atoms with E-state index in [1.165, 1.54) is 0 Å². The molecule has 3 rings (SSSR count). The first kappa shape index (κ1) is 19.2. The molecule has 1 heterocycles. The van der Waals surface area contributed by atoms with E-state index in [0.29, 0.717) is 27.5 Å². The van der Waals surface area contributed by atoms with Crippen molar-refractivity contribution in [3.63, 3.8) is 0 Å². The van der Waals surface area contributed by atoms with Crippen molar-refractivity contribution in [1.82, 2.24) is 4.90 Å². The van der Waals surface area contributed by atoms with Crippen LogP contribution in [-0.2, 0) is 14.4 Å². The number of carbonyl (C=O) groups excluding carboxylic acids is 3. The Morgan fingerprint density at radius 2 is 1.88 bits per heavy atom. The molecule has 1 aromatic rings. The maximum absolute atomic E-state index is 12.5. The summed E-state index contributed by atoms with van der Waals surface area (Å²) in [6, 6.07) is 3.24. The Kier molecular flexibility index (Phi) is 5.87. The molecule has 0 bridgehead atoms. The van der Waals surface area contributed by atoms with Crippen molar-refractivity contribution in [3.8, 4) is 5.75 Å². The fourth-order valence-electron chi connectivity index (χ4n) is 3.66. The first-order valence-corrected chi connectivity index (χ1v) is 9.86. The van der Waals surface area contributed by atoms with Crippen molar-refractivity contribution >= 4 is 50.9 Å². The van der Waals surface area contributed by atoms with Gasteiger partial charge in [-0.15, -0.1) is 0 Å². The number of anilines is 1. The smallest absolute Gasteiger partial charge is 0.244 e. The lowest BCUT2D eigenvalue weighted by Gasteiger charge is -2.19. The van der Waals surface area contributed by atoms with Gasteiger partial charge in [-0.25, -0.2) is 0 Å². The van der Waals surface area contributed by atoms with Gasteiger partial charge in [-0.1, -0.05) is 24.4 Å². The summed E-state index contributed by atoms with van der Waals surface area (Å²) in [5.41, 5.74) is 0.396. The third kappa shape index (κ3) is 3.74. The third-order valence-corrected chi connectivity index (χ3v) is 5.61. The molecule has 0 radical (unpaired) electrons. The third-order valence-electron chi connectivity index (χ3n) is 4.81. The summed E-state index contributed by atoms with van der Waals surface area (Å²) in [6.45, 7) is 1.95. The predicted molar refractivity (Wildman–Crippen MR) is 101 cm³/mol. The Bertz CT molecular complexity index is 731. The van der Waals surface area contributed by atoms with Crippen LogP contribution in [0.15, 0.2) is 16.6 Å². The molecule has 0 spiro atoms. The number of carbonyl (C=O) groups is 3. The standard InChI is InChI=1S/C18H20BrClN2O4/c1-2-26-16-13(19)7-10(20)8-14(16)21-15(23)9-22-17(24)11-5-3-4-6-12(11)18(22)25/h7-8,11-12H,2-6,9H2,1H3,(H,21,23). The summed E-state index contributed by atoms with van der Waals surface area (Å²) in [5, 5.41) is 3.13. The molecule has 2 unspecified atom stereocenters. The average Bonchev–Trinajstić information content (AvgIpc) is 2.83. The van der Waals surface area contributed by atoms with Crippen LogP contribution in [0.2, 0.25) is 5.02 Å². The molecule has 26 heavy (non-hydrogen) atoms. The van der Waals surface area contributed by atoms with E-state index in [1.54, 1.807) is 12.1 Å². The Balaban J connectivity index is 1.73. The van der Waals surface area contributed by atoms with Gasteiger partial charge in [0, 0.05) is 5.02 Å². The number of ether oxygens (including phenoxy) is 1. The summed E-state index contributed by atoms with van der Waals surface area (Å²) < 4.78 is 6.16. The van der Waals surface area contributed by atoms with Crippen LogP contribution in [0.5, 0.6) is 5.75 Å². The molecule has 6 nitrogen and oxygen atoms in total. The molecule has 1 aliphatic carbocycles. The summed E-state index contributed by atoms with van der Waals surface area (Å²) in [6.07, 6.45) is 3.36. The van der Waals surface area contributed by atoms with E-state index in [1.807, 2.05) is 6.92 Å². The monoisotopic (exact) mass is 442 g/mol. The number of hydrogen-bond donors (Lipinski definition) is 1. The van der Waals surface area contributed by atoms with Crippen LogP contribution in [0.1, 0.15) is 32.6 Å². The van der Waals surface area contributed by atoms with E-state index < -0.39 is 5.91 Å². The van der Waals surface area contributed by atoms with E-state index in [0.717, 1.165) is 30.6 Å². The highest BCUT2D eigenvalue weighted by atomic mass is 79.9. The normalized spacial score (nSPS) is 22.3. The van der Waals surface area contributed by atoms with Crippen LogP contribution >= 0.6 is 27.5 Å². The van der Waals surface area contributed by atoms with Crippen molar-refractivity contribution in [1.29, 1.82) is 0 Å². The molecule has 1 saturated heterocycles. The SMILES string of the molecule is CCOc1c(Br)cc(Cl)cc1NC(=O)CN1C(=O)C2CCCCC2C1=O. The quantitative estimate of drug-likeness (QED) is 0.705. The van der Waals surface area contributed by atoms with E-state index in [2.05, 4.69) is 21.2 Å². The van der Waals surface area contributed by atoms with E-state index in [4.69, 9.17) is 16.3 Å². The number of nitrogens with zero attached hydrogens (tertiary/aromatic N) is 1. The van der Waals surface area contributed by atoms with Gasteiger partial charge in [-0.2, -0.15) is 0 Å². The number of likely N-dealkylation sites (tertiary alicyclic amines) is 1. The number of rotatable bonds is 5. The molecule has 2 fully saturated rings. The Hall–Kier alpha value is -1.60. The number of hydrogen-bond acceptors (Lipinski definition) is 4. The van der Waals surface area contributed by atoms with Gasteiger partial charge < -0.3 is 10.1 Å². The first-order valence-electron chi connectivity index (χ1n) is 8.69. The molecule has 8 heteroatoms. The van der Waals surface area contributed by atoms with Crippen molar-refractivity contribution in [3.05, 3.63) is 21.6 Å². The number of fused-ring (bicyclic) bond motifs is 1. The molecule has 1 aliphatic heterocycles. The molecule has 1 N–H and O–H groups in total.